The van der Waals surface area contributed by atoms with E-state index in [0.29, 0.717) is 42.6 Å². The van der Waals surface area contributed by atoms with Gasteiger partial charge in [0.1, 0.15) is 17.3 Å². The van der Waals surface area contributed by atoms with Crippen molar-refractivity contribution in [3.8, 4) is 23.0 Å². The lowest BCUT2D eigenvalue weighted by Crippen LogP contribution is -2.29. The number of ether oxygens (including phenoxy) is 3. The Hall–Kier alpha value is -4.98. The Morgan fingerprint density at radius 2 is 1.51 bits per heavy atom. The van der Waals surface area contributed by atoms with E-state index in [-0.39, 0.29) is 28.4 Å². The molecule has 0 bridgehead atoms. The second kappa shape index (κ2) is 11.6. The maximum Gasteiger partial charge on any atom is 0.300 e. The Balaban J connectivity index is 1.78. The Morgan fingerprint density at radius 1 is 0.805 bits per heavy atom. The smallest absolute Gasteiger partial charge is 0.300 e. The van der Waals surface area contributed by atoms with Crippen molar-refractivity contribution >= 4 is 33.9 Å². The molecule has 210 valence electrons. The lowest BCUT2D eigenvalue weighted by Gasteiger charge is -2.27. The molecule has 1 saturated heterocycles. The average Bonchev–Trinajstić information content (AvgIpc) is 3.24. The average molecular weight is 554 g/mol. The van der Waals surface area contributed by atoms with E-state index in [4.69, 9.17) is 14.2 Å². The molecule has 0 aliphatic carbocycles. The summed E-state index contributed by atoms with van der Waals surface area (Å²) in [6, 6.07) is 21.6. The second-order valence-electron chi connectivity index (χ2n) is 9.35. The number of carbonyl (C=O) groups is 2. The Kier molecular flexibility index (Phi) is 7.83. The van der Waals surface area contributed by atoms with E-state index in [9.17, 15) is 19.8 Å². The van der Waals surface area contributed by atoms with Gasteiger partial charge in [-0.3, -0.25) is 14.5 Å². The van der Waals surface area contributed by atoms with Gasteiger partial charge in [-0.15, -0.1) is 0 Å². The summed E-state index contributed by atoms with van der Waals surface area (Å²) in [6.45, 7) is 6.49. The summed E-state index contributed by atoms with van der Waals surface area (Å²) in [6.07, 6.45) is 0. The van der Waals surface area contributed by atoms with Gasteiger partial charge < -0.3 is 24.4 Å². The third-order valence-electron chi connectivity index (χ3n) is 6.89. The summed E-state index contributed by atoms with van der Waals surface area (Å²) in [5.74, 6) is -1.04. The molecule has 8 heteroatoms. The molecule has 1 atom stereocenters. The number of phenols is 1. The number of aliphatic hydroxyl groups is 1. The minimum atomic E-state index is -1.03. The number of hydrogen-bond donors (Lipinski definition) is 2. The van der Waals surface area contributed by atoms with Crippen LogP contribution in [0, 0.1) is 0 Å². The number of benzene rings is 4. The number of amides is 1. The van der Waals surface area contributed by atoms with Crippen molar-refractivity contribution in [2.24, 2.45) is 0 Å². The van der Waals surface area contributed by atoms with Crippen LogP contribution in [0.5, 0.6) is 23.0 Å². The number of phenolic OH excluding ortho intramolecular Hbond substituents is 1. The first-order chi connectivity index (χ1) is 19.9. The lowest BCUT2D eigenvalue weighted by atomic mass is 9.94. The maximum atomic E-state index is 13.8. The first-order valence-corrected chi connectivity index (χ1v) is 13.5. The van der Waals surface area contributed by atoms with Gasteiger partial charge in [-0.2, -0.15) is 0 Å². The number of aliphatic hydroxyl groups excluding tert-OH is 1. The Bertz CT molecular complexity index is 1650. The molecule has 1 aliphatic heterocycles. The molecule has 1 unspecified atom stereocenters. The predicted octanol–water partition coefficient (Wildman–Crippen LogP) is 6.37. The number of carbonyl (C=O) groups excluding carboxylic acids is 2. The standard InChI is InChI=1S/C33H31NO7/c1-4-39-22-15-16-24(27(19-22)40-5-2)31(36)29-30(21-14-17-26(35)28(18-21)41-6-3)34(33(38)32(29)37)25-13-9-11-20-10-7-8-12-23(20)25/h7-19,30,35-36H,4-6H2,1-3H3/b31-29+. The van der Waals surface area contributed by atoms with E-state index < -0.39 is 17.7 Å². The molecule has 0 saturated carbocycles. The number of fused-ring (bicyclic) bond motifs is 1. The van der Waals surface area contributed by atoms with Crippen LogP contribution in [0.25, 0.3) is 16.5 Å². The highest BCUT2D eigenvalue weighted by atomic mass is 16.5. The SMILES string of the molecule is CCOc1ccc(/C(O)=C2\C(=O)C(=O)N(c3cccc4ccccc34)C2c2ccc(O)c(OCC)c2)c(OCC)c1. The van der Waals surface area contributed by atoms with Crippen molar-refractivity contribution in [3.63, 3.8) is 0 Å². The summed E-state index contributed by atoms with van der Waals surface area (Å²) in [7, 11) is 0. The zero-order chi connectivity index (χ0) is 29.1. The number of Topliss-reactive ketones (excluding diaryl/α,β-unsaturated/α-hetero) is 1. The van der Waals surface area contributed by atoms with Gasteiger partial charge in [-0.05, 0) is 62.1 Å². The number of nitrogens with zero attached hydrogens (tertiary/aromatic N) is 1. The quantitative estimate of drug-likeness (QED) is 0.141. The van der Waals surface area contributed by atoms with Crippen molar-refractivity contribution < 1.29 is 34.0 Å². The molecule has 5 rings (SSSR count). The fourth-order valence-corrected chi connectivity index (χ4v) is 5.16. The first-order valence-electron chi connectivity index (χ1n) is 13.5. The fourth-order valence-electron chi connectivity index (χ4n) is 5.16. The van der Waals surface area contributed by atoms with E-state index in [1.165, 1.54) is 11.0 Å². The summed E-state index contributed by atoms with van der Waals surface area (Å²) in [5.41, 5.74) is 1.13. The lowest BCUT2D eigenvalue weighted by molar-refractivity contribution is -0.132. The highest BCUT2D eigenvalue weighted by molar-refractivity contribution is 6.52. The van der Waals surface area contributed by atoms with Crippen molar-refractivity contribution in [1.29, 1.82) is 0 Å². The molecule has 1 aliphatic rings. The molecule has 0 radical (unpaired) electrons. The number of rotatable bonds is 9. The van der Waals surface area contributed by atoms with E-state index in [1.54, 1.807) is 43.3 Å². The molecule has 1 heterocycles. The van der Waals surface area contributed by atoms with Gasteiger partial charge in [0.2, 0.25) is 0 Å². The molecular formula is C33H31NO7. The minimum absolute atomic E-state index is 0.0807. The van der Waals surface area contributed by atoms with E-state index in [2.05, 4.69) is 0 Å². The molecule has 2 N–H and O–H groups in total. The van der Waals surface area contributed by atoms with Gasteiger partial charge >= 0.3 is 0 Å². The summed E-state index contributed by atoms with van der Waals surface area (Å²) in [5, 5.41) is 23.8. The Morgan fingerprint density at radius 3 is 2.27 bits per heavy atom. The predicted molar refractivity (Wildman–Crippen MR) is 157 cm³/mol. The molecule has 0 spiro atoms. The van der Waals surface area contributed by atoms with Crippen LogP contribution in [0.3, 0.4) is 0 Å². The highest BCUT2D eigenvalue weighted by Gasteiger charge is 2.47. The van der Waals surface area contributed by atoms with Gasteiger partial charge in [-0.25, -0.2) is 0 Å². The summed E-state index contributed by atoms with van der Waals surface area (Å²) >= 11 is 0. The molecular weight excluding hydrogens is 522 g/mol. The van der Waals surface area contributed by atoms with Crippen LogP contribution in [0.4, 0.5) is 5.69 Å². The van der Waals surface area contributed by atoms with Crippen LogP contribution in [0.2, 0.25) is 0 Å². The van der Waals surface area contributed by atoms with Crippen LogP contribution in [-0.4, -0.2) is 41.7 Å². The normalized spacial score (nSPS) is 16.3. The zero-order valence-corrected chi connectivity index (χ0v) is 23.1. The molecule has 0 aromatic heterocycles. The zero-order valence-electron chi connectivity index (χ0n) is 23.1. The van der Waals surface area contributed by atoms with Crippen molar-refractivity contribution in [2.75, 3.05) is 24.7 Å². The third kappa shape index (κ3) is 5.04. The van der Waals surface area contributed by atoms with Crippen LogP contribution in [0.1, 0.15) is 37.9 Å². The number of hydrogen-bond acceptors (Lipinski definition) is 7. The van der Waals surface area contributed by atoms with Crippen LogP contribution >= 0.6 is 0 Å². The van der Waals surface area contributed by atoms with Gasteiger partial charge in [0, 0.05) is 11.5 Å². The van der Waals surface area contributed by atoms with E-state index in [1.807, 2.05) is 50.2 Å². The van der Waals surface area contributed by atoms with Crippen LogP contribution < -0.4 is 19.1 Å². The van der Waals surface area contributed by atoms with Crippen LogP contribution in [-0.2, 0) is 9.59 Å². The molecule has 8 nitrogen and oxygen atoms in total. The van der Waals surface area contributed by atoms with Crippen molar-refractivity contribution in [2.45, 2.75) is 26.8 Å². The maximum absolute atomic E-state index is 13.8. The van der Waals surface area contributed by atoms with Gasteiger partial charge in [0.25, 0.3) is 11.7 Å². The van der Waals surface area contributed by atoms with E-state index in [0.717, 1.165) is 10.8 Å². The first kappa shape index (κ1) is 27.6. The number of aromatic hydroxyl groups is 1. The number of anilines is 1. The molecule has 1 fully saturated rings. The number of ketones is 1. The van der Waals surface area contributed by atoms with Crippen LogP contribution in [0.15, 0.2) is 84.4 Å². The third-order valence-corrected chi connectivity index (χ3v) is 6.89. The summed E-state index contributed by atoms with van der Waals surface area (Å²) in [4.78, 5) is 29.0. The summed E-state index contributed by atoms with van der Waals surface area (Å²) < 4.78 is 17.0. The fraction of sp³-hybridized carbons (Fsp3) is 0.212. The minimum Gasteiger partial charge on any atom is -0.507 e. The van der Waals surface area contributed by atoms with Crippen molar-refractivity contribution in [1.82, 2.24) is 0 Å². The monoisotopic (exact) mass is 553 g/mol. The Labute approximate surface area is 238 Å². The topological polar surface area (TPSA) is 106 Å². The van der Waals surface area contributed by atoms with Crippen molar-refractivity contribution in [3.05, 3.63) is 95.6 Å². The highest BCUT2D eigenvalue weighted by Crippen LogP contribution is 2.46. The molecule has 4 aromatic rings. The molecule has 4 aromatic carbocycles. The van der Waals surface area contributed by atoms with Gasteiger partial charge in [0.05, 0.1) is 42.7 Å². The second-order valence-corrected chi connectivity index (χ2v) is 9.35. The van der Waals surface area contributed by atoms with Gasteiger partial charge in [0.15, 0.2) is 11.5 Å². The molecule has 1 amide bonds. The van der Waals surface area contributed by atoms with Gasteiger partial charge in [-0.1, -0.05) is 42.5 Å². The largest absolute Gasteiger partial charge is 0.507 e. The van der Waals surface area contributed by atoms with E-state index >= 15 is 0 Å². The molecule has 41 heavy (non-hydrogen) atoms.